The van der Waals surface area contributed by atoms with E-state index < -0.39 is 17.4 Å². The molecule has 0 aromatic heterocycles. The molecular formula is C20H24O4. The van der Waals surface area contributed by atoms with Crippen LogP contribution in [0.15, 0.2) is 42.5 Å². The molecule has 0 N–H and O–H groups in total. The quantitative estimate of drug-likeness (QED) is 0.480. The first-order chi connectivity index (χ1) is 11.4. The van der Waals surface area contributed by atoms with E-state index in [1.54, 1.807) is 6.08 Å². The Kier molecular flexibility index (Phi) is 5.27. The lowest BCUT2D eigenvalue weighted by molar-refractivity contribution is -0.168. The van der Waals surface area contributed by atoms with Gasteiger partial charge in [0.15, 0.2) is 5.41 Å². The lowest BCUT2D eigenvalue weighted by atomic mass is 9.85. The van der Waals surface area contributed by atoms with Crippen LogP contribution in [0, 0.1) is 18.3 Å². The number of esters is 2. The van der Waals surface area contributed by atoms with E-state index >= 15 is 0 Å². The average molecular weight is 328 g/mol. The van der Waals surface area contributed by atoms with Crippen LogP contribution in [0.4, 0.5) is 0 Å². The minimum absolute atomic E-state index is 0.0668. The Morgan fingerprint density at radius 3 is 2.29 bits per heavy atom. The van der Waals surface area contributed by atoms with Crippen molar-refractivity contribution >= 4 is 17.5 Å². The van der Waals surface area contributed by atoms with Crippen molar-refractivity contribution in [3.05, 3.63) is 53.6 Å². The van der Waals surface area contributed by atoms with Gasteiger partial charge in [-0.1, -0.05) is 35.9 Å². The number of carbonyl (C=O) groups excluding carboxylic acids is 2. The van der Waals surface area contributed by atoms with Crippen LogP contribution in [0.1, 0.15) is 30.9 Å². The smallest absolute Gasteiger partial charge is 0.323 e. The molecule has 0 saturated heterocycles. The Hall–Kier alpha value is -2.36. The van der Waals surface area contributed by atoms with Crippen LogP contribution < -0.4 is 0 Å². The first-order valence-electron chi connectivity index (χ1n) is 7.96. The lowest BCUT2D eigenvalue weighted by Gasteiger charge is -2.22. The van der Waals surface area contributed by atoms with Crippen molar-refractivity contribution in [2.45, 2.75) is 26.7 Å². The minimum atomic E-state index is -1.29. The molecule has 1 fully saturated rings. The van der Waals surface area contributed by atoms with Gasteiger partial charge in [0.2, 0.25) is 0 Å². The summed E-state index contributed by atoms with van der Waals surface area (Å²) in [7, 11) is 2.59. The maximum Gasteiger partial charge on any atom is 0.323 e. The summed E-state index contributed by atoms with van der Waals surface area (Å²) in [6.07, 6.45) is 2.42. The summed E-state index contributed by atoms with van der Waals surface area (Å²) in [4.78, 5) is 24.8. The fourth-order valence-corrected chi connectivity index (χ4v) is 3.61. The number of hydrogen-bond acceptors (Lipinski definition) is 4. The largest absolute Gasteiger partial charge is 0.468 e. The second-order valence-corrected chi connectivity index (χ2v) is 6.25. The molecular weight excluding hydrogens is 304 g/mol. The Bertz CT molecular complexity index is 683. The van der Waals surface area contributed by atoms with E-state index in [2.05, 4.69) is 6.58 Å². The van der Waals surface area contributed by atoms with Gasteiger partial charge < -0.3 is 9.47 Å². The number of allylic oxidation sites excluding steroid dienone is 3. The number of aryl methyl sites for hydroxylation is 1. The van der Waals surface area contributed by atoms with Gasteiger partial charge in [-0.05, 0) is 49.3 Å². The molecule has 0 bridgehead atoms. The topological polar surface area (TPSA) is 52.6 Å². The summed E-state index contributed by atoms with van der Waals surface area (Å²) in [5.74, 6) is -1.16. The molecule has 0 amide bonds. The normalized spacial score (nSPS) is 21.1. The van der Waals surface area contributed by atoms with Crippen LogP contribution in [-0.4, -0.2) is 26.2 Å². The number of rotatable bonds is 4. The van der Waals surface area contributed by atoms with Gasteiger partial charge in [-0.2, -0.15) is 0 Å². The van der Waals surface area contributed by atoms with Gasteiger partial charge >= 0.3 is 11.9 Å². The molecule has 0 aliphatic heterocycles. The second kappa shape index (κ2) is 7.04. The highest BCUT2D eigenvalue weighted by atomic mass is 16.5. The van der Waals surface area contributed by atoms with Crippen molar-refractivity contribution in [3.63, 3.8) is 0 Å². The lowest BCUT2D eigenvalue weighted by Crippen LogP contribution is -2.39. The number of hydrogen-bond donors (Lipinski definition) is 0. The summed E-state index contributed by atoms with van der Waals surface area (Å²) in [5, 5.41) is 0. The van der Waals surface area contributed by atoms with Crippen LogP contribution in [0.25, 0.3) is 5.57 Å². The molecule has 1 aromatic carbocycles. The third-order valence-corrected chi connectivity index (χ3v) is 4.98. The predicted octanol–water partition coefficient (Wildman–Crippen LogP) is 3.70. The Balaban J connectivity index is 2.58. The van der Waals surface area contributed by atoms with Gasteiger partial charge in [0.25, 0.3) is 0 Å². The summed E-state index contributed by atoms with van der Waals surface area (Å²) >= 11 is 0. The number of carbonyl (C=O) groups is 2. The summed E-state index contributed by atoms with van der Waals surface area (Å²) in [5.41, 5.74) is 3.09. The second-order valence-electron chi connectivity index (χ2n) is 6.25. The van der Waals surface area contributed by atoms with Gasteiger partial charge in [-0.3, -0.25) is 9.59 Å². The van der Waals surface area contributed by atoms with Crippen LogP contribution in [-0.2, 0) is 19.1 Å². The molecule has 2 rings (SSSR count). The van der Waals surface area contributed by atoms with Gasteiger partial charge in [-0.15, -0.1) is 6.58 Å². The molecule has 0 radical (unpaired) electrons. The van der Waals surface area contributed by atoms with Crippen molar-refractivity contribution in [1.82, 2.24) is 0 Å². The zero-order chi connectivity index (χ0) is 17.9. The average Bonchev–Trinajstić information content (AvgIpc) is 3.01. The molecule has 128 valence electrons. The van der Waals surface area contributed by atoms with Gasteiger partial charge in [-0.25, -0.2) is 0 Å². The van der Waals surface area contributed by atoms with Crippen molar-refractivity contribution in [1.29, 1.82) is 0 Å². The van der Waals surface area contributed by atoms with E-state index in [1.807, 2.05) is 38.1 Å². The molecule has 1 atom stereocenters. The van der Waals surface area contributed by atoms with Crippen molar-refractivity contribution in [3.8, 4) is 0 Å². The Morgan fingerprint density at radius 1 is 1.21 bits per heavy atom. The van der Waals surface area contributed by atoms with Crippen LogP contribution in [0.3, 0.4) is 0 Å². The van der Waals surface area contributed by atoms with E-state index in [1.165, 1.54) is 14.2 Å². The molecule has 4 heteroatoms. The van der Waals surface area contributed by atoms with Crippen molar-refractivity contribution in [2.24, 2.45) is 11.3 Å². The van der Waals surface area contributed by atoms with E-state index in [-0.39, 0.29) is 5.92 Å². The predicted molar refractivity (Wildman–Crippen MR) is 93.2 cm³/mol. The SMILES string of the molecule is C=CC1CC(C(=O)OC)(C(=O)OC)C/C1=C(\C)c1ccccc1C. The molecule has 1 aliphatic carbocycles. The number of benzene rings is 1. The maximum atomic E-state index is 12.4. The van der Waals surface area contributed by atoms with Crippen LogP contribution in [0.2, 0.25) is 0 Å². The standard InChI is InChI=1S/C20H24O4/c1-6-15-11-20(18(21)23-4,19(22)24-5)12-17(15)14(3)16-10-8-7-9-13(16)2/h6-10,15H,1,11-12H2,2-5H3/b17-14-. The molecule has 0 spiro atoms. The van der Waals surface area contributed by atoms with Crippen molar-refractivity contribution in [2.75, 3.05) is 14.2 Å². The molecule has 4 nitrogen and oxygen atoms in total. The summed E-state index contributed by atoms with van der Waals surface area (Å²) in [6, 6.07) is 8.07. The van der Waals surface area contributed by atoms with Gasteiger partial charge in [0.05, 0.1) is 14.2 Å². The number of methoxy groups -OCH3 is 2. The van der Waals surface area contributed by atoms with Crippen LogP contribution >= 0.6 is 0 Å². The van der Waals surface area contributed by atoms with E-state index in [9.17, 15) is 9.59 Å². The molecule has 0 heterocycles. The Labute approximate surface area is 143 Å². The third kappa shape index (κ3) is 2.88. The highest BCUT2D eigenvalue weighted by Gasteiger charge is 2.55. The van der Waals surface area contributed by atoms with Gasteiger partial charge in [0, 0.05) is 0 Å². The maximum absolute atomic E-state index is 12.4. The fourth-order valence-electron chi connectivity index (χ4n) is 3.61. The monoisotopic (exact) mass is 328 g/mol. The highest BCUT2D eigenvalue weighted by Crippen LogP contribution is 2.50. The molecule has 1 saturated carbocycles. The zero-order valence-corrected chi connectivity index (χ0v) is 14.7. The Morgan fingerprint density at radius 2 is 1.79 bits per heavy atom. The fraction of sp³-hybridized carbons (Fsp3) is 0.400. The summed E-state index contributed by atoms with van der Waals surface area (Å²) < 4.78 is 9.83. The third-order valence-electron chi connectivity index (χ3n) is 4.98. The molecule has 1 unspecified atom stereocenters. The first kappa shape index (κ1) is 18.0. The summed E-state index contributed by atoms with van der Waals surface area (Å²) in [6.45, 7) is 7.96. The molecule has 1 aromatic rings. The first-order valence-corrected chi connectivity index (χ1v) is 7.96. The number of ether oxygens (including phenoxy) is 2. The van der Waals surface area contributed by atoms with Gasteiger partial charge in [0.1, 0.15) is 0 Å². The highest BCUT2D eigenvalue weighted by molar-refractivity contribution is 6.01. The molecule has 1 aliphatic rings. The zero-order valence-electron chi connectivity index (χ0n) is 14.7. The van der Waals surface area contributed by atoms with E-state index in [0.717, 1.165) is 22.3 Å². The van der Waals surface area contributed by atoms with E-state index in [4.69, 9.17) is 9.47 Å². The minimum Gasteiger partial charge on any atom is -0.468 e. The van der Waals surface area contributed by atoms with Crippen molar-refractivity contribution < 1.29 is 19.1 Å². The van der Waals surface area contributed by atoms with E-state index in [0.29, 0.717) is 12.8 Å². The van der Waals surface area contributed by atoms with Crippen LogP contribution in [0.5, 0.6) is 0 Å². The molecule has 24 heavy (non-hydrogen) atoms.